The Hall–Kier alpha value is -1.26. The third kappa shape index (κ3) is 3.39. The van der Waals surface area contributed by atoms with Crippen LogP contribution in [-0.2, 0) is 9.59 Å². The van der Waals surface area contributed by atoms with Crippen LogP contribution in [0, 0.1) is 5.92 Å². The fourth-order valence-corrected chi connectivity index (χ4v) is 2.29. The van der Waals surface area contributed by atoms with Gasteiger partial charge in [-0.05, 0) is 24.6 Å². The van der Waals surface area contributed by atoms with E-state index in [-0.39, 0.29) is 30.2 Å². The molecule has 0 radical (unpaired) electrons. The van der Waals surface area contributed by atoms with Crippen molar-refractivity contribution in [3.63, 3.8) is 0 Å². The number of hydrogen-bond acceptors (Lipinski definition) is 2. The van der Waals surface area contributed by atoms with Crippen molar-refractivity contribution in [3.05, 3.63) is 33.8 Å². The summed E-state index contributed by atoms with van der Waals surface area (Å²) in [4.78, 5) is 23.0. The Morgan fingerprint density at radius 1 is 1.42 bits per heavy atom. The van der Waals surface area contributed by atoms with Gasteiger partial charge in [-0.15, -0.1) is 0 Å². The van der Waals surface area contributed by atoms with Crippen molar-refractivity contribution in [2.24, 2.45) is 5.92 Å². The predicted molar refractivity (Wildman–Crippen MR) is 74.1 cm³/mol. The van der Waals surface area contributed by atoms with Crippen molar-refractivity contribution in [1.29, 1.82) is 0 Å². The molecule has 0 saturated carbocycles. The van der Waals surface area contributed by atoms with Crippen LogP contribution in [0.4, 0.5) is 0 Å². The van der Waals surface area contributed by atoms with Crippen LogP contribution in [0.2, 0.25) is 10.0 Å². The van der Waals surface area contributed by atoms with E-state index in [4.69, 9.17) is 23.2 Å². The minimum absolute atomic E-state index is 0.0812. The summed E-state index contributed by atoms with van der Waals surface area (Å²) in [6.45, 7) is 2.26. The van der Waals surface area contributed by atoms with Crippen LogP contribution >= 0.6 is 23.2 Å². The maximum Gasteiger partial charge on any atom is 0.225 e. The molecule has 1 heterocycles. The van der Waals surface area contributed by atoms with E-state index in [9.17, 15) is 9.59 Å². The Balaban J connectivity index is 2.00. The molecule has 2 amide bonds. The van der Waals surface area contributed by atoms with Gasteiger partial charge in [0.05, 0.1) is 22.0 Å². The Kier molecular flexibility index (Phi) is 4.32. The van der Waals surface area contributed by atoms with Gasteiger partial charge >= 0.3 is 0 Å². The molecule has 0 bridgehead atoms. The van der Waals surface area contributed by atoms with Gasteiger partial charge < -0.3 is 10.6 Å². The highest BCUT2D eigenvalue weighted by atomic mass is 35.5. The van der Waals surface area contributed by atoms with Gasteiger partial charge in [-0.25, -0.2) is 0 Å². The van der Waals surface area contributed by atoms with E-state index >= 15 is 0 Å². The molecule has 0 aliphatic carbocycles. The van der Waals surface area contributed by atoms with Crippen LogP contribution < -0.4 is 10.6 Å². The van der Waals surface area contributed by atoms with Crippen molar-refractivity contribution in [2.75, 3.05) is 6.54 Å². The van der Waals surface area contributed by atoms with Crippen LogP contribution in [-0.4, -0.2) is 18.4 Å². The summed E-state index contributed by atoms with van der Waals surface area (Å²) in [5.41, 5.74) is 0.875. The van der Waals surface area contributed by atoms with Crippen molar-refractivity contribution in [3.8, 4) is 0 Å². The van der Waals surface area contributed by atoms with E-state index < -0.39 is 0 Å². The molecule has 0 spiro atoms. The molecule has 1 saturated heterocycles. The molecule has 1 fully saturated rings. The van der Waals surface area contributed by atoms with Crippen molar-refractivity contribution in [2.45, 2.75) is 19.4 Å². The zero-order valence-corrected chi connectivity index (χ0v) is 11.9. The zero-order valence-electron chi connectivity index (χ0n) is 10.4. The van der Waals surface area contributed by atoms with E-state index in [0.717, 1.165) is 5.56 Å². The maximum atomic E-state index is 12.0. The average molecular weight is 301 g/mol. The largest absolute Gasteiger partial charge is 0.355 e. The normalized spacial score (nSPS) is 19.9. The Labute approximate surface area is 121 Å². The molecule has 1 aliphatic heterocycles. The van der Waals surface area contributed by atoms with Crippen molar-refractivity contribution in [1.82, 2.24) is 10.6 Å². The molecule has 1 aromatic carbocycles. The van der Waals surface area contributed by atoms with Gasteiger partial charge in [-0.3, -0.25) is 9.59 Å². The molecule has 2 atom stereocenters. The zero-order chi connectivity index (χ0) is 14.0. The second kappa shape index (κ2) is 5.80. The molecule has 2 N–H and O–H groups in total. The number of halogens is 2. The number of rotatable bonds is 3. The highest BCUT2D eigenvalue weighted by Crippen LogP contribution is 2.25. The van der Waals surface area contributed by atoms with Gasteiger partial charge in [-0.2, -0.15) is 0 Å². The monoisotopic (exact) mass is 300 g/mol. The predicted octanol–water partition coefficient (Wildman–Crippen LogP) is 2.31. The number of hydrogen-bond donors (Lipinski definition) is 2. The van der Waals surface area contributed by atoms with Gasteiger partial charge in [0.2, 0.25) is 11.8 Å². The number of carbonyl (C=O) groups excluding carboxylic acids is 2. The lowest BCUT2D eigenvalue weighted by Crippen LogP contribution is -2.33. The smallest absolute Gasteiger partial charge is 0.225 e. The first-order valence-electron chi connectivity index (χ1n) is 5.99. The van der Waals surface area contributed by atoms with Crippen LogP contribution in [0.15, 0.2) is 18.2 Å². The first-order chi connectivity index (χ1) is 8.97. The summed E-state index contributed by atoms with van der Waals surface area (Å²) in [5.74, 6) is -0.503. The molecule has 2 rings (SSSR count). The number of benzene rings is 1. The Bertz CT molecular complexity index is 519. The SMILES string of the molecule is CC(NC(=O)C1CNC(=O)C1)c1ccc(Cl)c(Cl)c1. The minimum atomic E-state index is -0.294. The van der Waals surface area contributed by atoms with Gasteiger partial charge in [-0.1, -0.05) is 29.3 Å². The van der Waals surface area contributed by atoms with E-state index in [2.05, 4.69) is 10.6 Å². The Morgan fingerprint density at radius 3 is 2.74 bits per heavy atom. The number of nitrogens with one attached hydrogen (secondary N) is 2. The van der Waals surface area contributed by atoms with E-state index in [1.807, 2.05) is 13.0 Å². The number of carbonyl (C=O) groups is 2. The second-order valence-corrected chi connectivity index (χ2v) is 5.42. The summed E-state index contributed by atoms with van der Waals surface area (Å²) >= 11 is 11.8. The lowest BCUT2D eigenvalue weighted by Gasteiger charge is -2.17. The average Bonchev–Trinajstić information content (AvgIpc) is 2.79. The summed E-state index contributed by atoms with van der Waals surface area (Å²) in [7, 11) is 0. The third-order valence-corrected chi connectivity index (χ3v) is 3.89. The summed E-state index contributed by atoms with van der Waals surface area (Å²) < 4.78 is 0. The fraction of sp³-hybridized carbons (Fsp3) is 0.385. The summed E-state index contributed by atoms with van der Waals surface area (Å²) in [5, 5.41) is 6.45. The van der Waals surface area contributed by atoms with Crippen molar-refractivity contribution >= 4 is 35.0 Å². The summed E-state index contributed by atoms with van der Waals surface area (Å²) in [6, 6.07) is 5.06. The number of amides is 2. The van der Waals surface area contributed by atoms with Crippen LogP contribution in [0.3, 0.4) is 0 Å². The van der Waals surface area contributed by atoms with E-state index in [1.54, 1.807) is 12.1 Å². The molecule has 0 aromatic heterocycles. The molecule has 4 nitrogen and oxygen atoms in total. The Morgan fingerprint density at radius 2 is 2.16 bits per heavy atom. The van der Waals surface area contributed by atoms with Gasteiger partial charge in [0.25, 0.3) is 0 Å². The first kappa shape index (κ1) is 14.2. The lowest BCUT2D eigenvalue weighted by atomic mass is 10.1. The lowest BCUT2D eigenvalue weighted by molar-refractivity contribution is -0.127. The maximum absolute atomic E-state index is 12.0. The van der Waals surface area contributed by atoms with Crippen LogP contribution in [0.25, 0.3) is 0 Å². The van der Waals surface area contributed by atoms with Crippen LogP contribution in [0.1, 0.15) is 24.9 Å². The minimum Gasteiger partial charge on any atom is -0.355 e. The quantitative estimate of drug-likeness (QED) is 0.900. The van der Waals surface area contributed by atoms with Gasteiger partial charge in [0.1, 0.15) is 0 Å². The van der Waals surface area contributed by atoms with Gasteiger partial charge in [0, 0.05) is 13.0 Å². The standard InChI is InChI=1S/C13H14Cl2N2O2/c1-7(8-2-3-10(14)11(15)4-8)17-13(19)9-5-12(18)16-6-9/h2-4,7,9H,5-6H2,1H3,(H,16,18)(H,17,19). The molecule has 2 unspecified atom stereocenters. The van der Waals surface area contributed by atoms with Crippen molar-refractivity contribution < 1.29 is 9.59 Å². The third-order valence-electron chi connectivity index (χ3n) is 3.15. The fourth-order valence-electron chi connectivity index (χ4n) is 1.99. The molecular weight excluding hydrogens is 287 g/mol. The van der Waals surface area contributed by atoms with E-state index in [1.165, 1.54) is 0 Å². The second-order valence-electron chi connectivity index (χ2n) is 4.61. The molecule has 1 aromatic rings. The van der Waals surface area contributed by atoms with Gasteiger partial charge in [0.15, 0.2) is 0 Å². The first-order valence-corrected chi connectivity index (χ1v) is 6.75. The van der Waals surface area contributed by atoms with Crippen LogP contribution in [0.5, 0.6) is 0 Å². The highest BCUT2D eigenvalue weighted by Gasteiger charge is 2.28. The molecular formula is C13H14Cl2N2O2. The highest BCUT2D eigenvalue weighted by molar-refractivity contribution is 6.42. The topological polar surface area (TPSA) is 58.2 Å². The molecule has 1 aliphatic rings. The molecule has 102 valence electrons. The summed E-state index contributed by atoms with van der Waals surface area (Å²) in [6.07, 6.45) is 0.250. The molecule has 19 heavy (non-hydrogen) atoms. The van der Waals surface area contributed by atoms with E-state index in [0.29, 0.717) is 16.6 Å². The molecule has 6 heteroatoms.